The van der Waals surface area contributed by atoms with E-state index < -0.39 is 0 Å². The third kappa shape index (κ3) is 2.15. The van der Waals surface area contributed by atoms with Crippen LogP contribution in [0.15, 0.2) is 45.3 Å². The monoisotopic (exact) mass is 264 g/mol. The van der Waals surface area contributed by atoms with E-state index in [1.807, 2.05) is 36.4 Å². The Labute approximate surface area is 98.2 Å². The standard InChI is InChI=1S/C13H13BrO/c1-9(2)12-7-8-13(15-12)10-5-3-4-6-11(10)14/h3-9H,1-2H3. The summed E-state index contributed by atoms with van der Waals surface area (Å²) in [6, 6.07) is 12.1. The molecule has 0 saturated carbocycles. The normalized spacial score (nSPS) is 10.9. The van der Waals surface area contributed by atoms with E-state index in [-0.39, 0.29) is 0 Å². The average molecular weight is 265 g/mol. The van der Waals surface area contributed by atoms with Crippen LogP contribution >= 0.6 is 15.9 Å². The van der Waals surface area contributed by atoms with Crippen molar-refractivity contribution >= 4 is 15.9 Å². The number of hydrogen-bond donors (Lipinski definition) is 0. The summed E-state index contributed by atoms with van der Waals surface area (Å²) < 4.78 is 6.85. The van der Waals surface area contributed by atoms with Crippen molar-refractivity contribution in [3.8, 4) is 11.3 Å². The molecule has 2 heteroatoms. The predicted molar refractivity (Wildman–Crippen MR) is 65.9 cm³/mol. The second-order valence-corrected chi connectivity index (χ2v) is 4.69. The van der Waals surface area contributed by atoms with Crippen molar-refractivity contribution in [1.29, 1.82) is 0 Å². The largest absolute Gasteiger partial charge is 0.461 e. The topological polar surface area (TPSA) is 13.1 Å². The van der Waals surface area contributed by atoms with Crippen molar-refractivity contribution in [2.75, 3.05) is 0 Å². The van der Waals surface area contributed by atoms with Crippen LogP contribution in [0, 0.1) is 0 Å². The van der Waals surface area contributed by atoms with Gasteiger partial charge in [-0.05, 0) is 18.2 Å². The van der Waals surface area contributed by atoms with Crippen LogP contribution in [0.4, 0.5) is 0 Å². The van der Waals surface area contributed by atoms with Gasteiger partial charge >= 0.3 is 0 Å². The smallest absolute Gasteiger partial charge is 0.135 e. The van der Waals surface area contributed by atoms with Gasteiger partial charge in [-0.1, -0.05) is 48.0 Å². The third-order valence-corrected chi connectivity index (χ3v) is 3.03. The maximum absolute atomic E-state index is 5.78. The zero-order valence-corrected chi connectivity index (χ0v) is 10.4. The van der Waals surface area contributed by atoms with Crippen LogP contribution in [0.2, 0.25) is 0 Å². The van der Waals surface area contributed by atoms with Gasteiger partial charge in [-0.25, -0.2) is 0 Å². The lowest BCUT2D eigenvalue weighted by molar-refractivity contribution is 0.498. The molecule has 1 heterocycles. The Hall–Kier alpha value is -1.02. The summed E-state index contributed by atoms with van der Waals surface area (Å²) >= 11 is 3.52. The van der Waals surface area contributed by atoms with E-state index in [1.54, 1.807) is 0 Å². The molecule has 1 aromatic carbocycles. The Balaban J connectivity index is 2.42. The van der Waals surface area contributed by atoms with Crippen LogP contribution in [-0.4, -0.2) is 0 Å². The molecule has 1 aromatic heterocycles. The minimum absolute atomic E-state index is 0.432. The minimum Gasteiger partial charge on any atom is -0.461 e. The van der Waals surface area contributed by atoms with Gasteiger partial charge < -0.3 is 4.42 Å². The van der Waals surface area contributed by atoms with Gasteiger partial charge in [0.1, 0.15) is 11.5 Å². The Bertz CT molecular complexity index is 457. The molecule has 0 atom stereocenters. The zero-order chi connectivity index (χ0) is 10.8. The van der Waals surface area contributed by atoms with Crippen molar-refractivity contribution in [2.24, 2.45) is 0 Å². The Morgan fingerprint density at radius 2 is 1.80 bits per heavy atom. The Kier molecular flexibility index (Phi) is 2.96. The van der Waals surface area contributed by atoms with Crippen molar-refractivity contribution in [3.05, 3.63) is 46.6 Å². The molecule has 0 N–H and O–H groups in total. The molecule has 2 rings (SSSR count). The van der Waals surface area contributed by atoms with E-state index in [4.69, 9.17) is 4.42 Å². The summed E-state index contributed by atoms with van der Waals surface area (Å²) in [5.41, 5.74) is 1.10. The highest BCUT2D eigenvalue weighted by atomic mass is 79.9. The fraction of sp³-hybridized carbons (Fsp3) is 0.231. The van der Waals surface area contributed by atoms with Gasteiger partial charge in [0.05, 0.1) is 0 Å². The molecular formula is C13H13BrO. The first-order valence-corrected chi connectivity index (χ1v) is 5.82. The summed E-state index contributed by atoms with van der Waals surface area (Å²) in [6.07, 6.45) is 0. The summed E-state index contributed by atoms with van der Waals surface area (Å²) in [5, 5.41) is 0. The molecule has 0 radical (unpaired) electrons. The molecule has 78 valence electrons. The molecule has 2 aromatic rings. The number of furan rings is 1. The number of benzene rings is 1. The van der Waals surface area contributed by atoms with E-state index in [0.717, 1.165) is 21.6 Å². The van der Waals surface area contributed by atoms with Crippen LogP contribution in [0.3, 0.4) is 0 Å². The summed E-state index contributed by atoms with van der Waals surface area (Å²) in [4.78, 5) is 0. The lowest BCUT2D eigenvalue weighted by Gasteiger charge is -2.01. The van der Waals surface area contributed by atoms with Crippen molar-refractivity contribution in [3.63, 3.8) is 0 Å². The summed E-state index contributed by atoms with van der Waals surface area (Å²) in [5.74, 6) is 2.38. The first-order chi connectivity index (χ1) is 7.18. The van der Waals surface area contributed by atoms with Gasteiger partial charge in [-0.2, -0.15) is 0 Å². The molecule has 0 aliphatic rings. The van der Waals surface area contributed by atoms with Gasteiger partial charge in [0.2, 0.25) is 0 Å². The van der Waals surface area contributed by atoms with Crippen LogP contribution in [0.1, 0.15) is 25.5 Å². The zero-order valence-electron chi connectivity index (χ0n) is 8.83. The third-order valence-electron chi connectivity index (χ3n) is 2.34. The van der Waals surface area contributed by atoms with E-state index in [2.05, 4.69) is 29.8 Å². The van der Waals surface area contributed by atoms with E-state index >= 15 is 0 Å². The maximum atomic E-state index is 5.78. The fourth-order valence-corrected chi connectivity index (χ4v) is 1.95. The van der Waals surface area contributed by atoms with Crippen LogP contribution in [0.5, 0.6) is 0 Å². The van der Waals surface area contributed by atoms with E-state index in [1.165, 1.54) is 0 Å². The predicted octanol–water partition coefficient (Wildman–Crippen LogP) is 4.83. The average Bonchev–Trinajstić information content (AvgIpc) is 2.67. The Morgan fingerprint density at radius 1 is 1.07 bits per heavy atom. The van der Waals surface area contributed by atoms with E-state index in [0.29, 0.717) is 5.92 Å². The molecule has 0 saturated heterocycles. The molecule has 15 heavy (non-hydrogen) atoms. The minimum atomic E-state index is 0.432. The van der Waals surface area contributed by atoms with Gasteiger partial charge in [0.25, 0.3) is 0 Å². The maximum Gasteiger partial charge on any atom is 0.135 e. The molecule has 0 bridgehead atoms. The van der Waals surface area contributed by atoms with Gasteiger partial charge in [0.15, 0.2) is 0 Å². The van der Waals surface area contributed by atoms with Gasteiger partial charge in [0, 0.05) is 16.0 Å². The van der Waals surface area contributed by atoms with E-state index in [9.17, 15) is 0 Å². The molecule has 1 nitrogen and oxygen atoms in total. The quantitative estimate of drug-likeness (QED) is 0.757. The lowest BCUT2D eigenvalue weighted by atomic mass is 10.1. The number of hydrogen-bond acceptors (Lipinski definition) is 1. The Morgan fingerprint density at radius 3 is 2.40 bits per heavy atom. The SMILES string of the molecule is CC(C)c1ccc(-c2ccccc2Br)o1. The molecular weight excluding hydrogens is 252 g/mol. The van der Waals surface area contributed by atoms with Crippen LogP contribution < -0.4 is 0 Å². The molecule has 0 aliphatic carbocycles. The highest BCUT2D eigenvalue weighted by Gasteiger charge is 2.09. The molecule has 0 amide bonds. The summed E-state index contributed by atoms with van der Waals surface area (Å²) in [6.45, 7) is 4.26. The number of halogens is 1. The highest BCUT2D eigenvalue weighted by molar-refractivity contribution is 9.10. The fourth-order valence-electron chi connectivity index (χ4n) is 1.47. The van der Waals surface area contributed by atoms with Crippen LogP contribution in [0.25, 0.3) is 11.3 Å². The highest BCUT2D eigenvalue weighted by Crippen LogP contribution is 2.31. The number of rotatable bonds is 2. The van der Waals surface area contributed by atoms with Gasteiger partial charge in [-0.15, -0.1) is 0 Å². The lowest BCUT2D eigenvalue weighted by Crippen LogP contribution is -1.81. The van der Waals surface area contributed by atoms with Crippen molar-refractivity contribution < 1.29 is 4.42 Å². The molecule has 0 spiro atoms. The molecule has 0 fully saturated rings. The van der Waals surface area contributed by atoms with Crippen LogP contribution in [-0.2, 0) is 0 Å². The second-order valence-electron chi connectivity index (χ2n) is 3.84. The van der Waals surface area contributed by atoms with Crippen molar-refractivity contribution in [2.45, 2.75) is 19.8 Å². The molecule has 0 aliphatic heterocycles. The summed E-state index contributed by atoms with van der Waals surface area (Å²) in [7, 11) is 0. The first-order valence-electron chi connectivity index (χ1n) is 5.03. The molecule has 0 unspecified atom stereocenters. The first kappa shape index (κ1) is 10.5. The second kappa shape index (κ2) is 4.23. The van der Waals surface area contributed by atoms with Crippen molar-refractivity contribution in [1.82, 2.24) is 0 Å². The van der Waals surface area contributed by atoms with Gasteiger partial charge in [-0.3, -0.25) is 0 Å².